The van der Waals surface area contributed by atoms with Crippen molar-refractivity contribution in [3.8, 4) is 0 Å². The second-order valence-corrected chi connectivity index (χ2v) is 8.34. The number of nitrogens with zero attached hydrogens (tertiary/aromatic N) is 3. The molecule has 0 unspecified atom stereocenters. The van der Waals surface area contributed by atoms with Gasteiger partial charge in [-0.05, 0) is 64.3 Å². The largest absolute Gasteiger partial charge is 0.444 e. The van der Waals surface area contributed by atoms with Gasteiger partial charge in [-0.2, -0.15) is 0 Å². The minimum atomic E-state index is -0.627. The minimum absolute atomic E-state index is 0.150. The number of aromatic nitrogens is 2. The van der Waals surface area contributed by atoms with Gasteiger partial charge in [0.1, 0.15) is 5.60 Å². The average Bonchev–Trinajstić information content (AvgIpc) is 2.66. The number of carbonyl (C=O) groups excluding carboxylic acids is 1. The van der Waals surface area contributed by atoms with Crippen LogP contribution in [0.1, 0.15) is 69.2 Å². The summed E-state index contributed by atoms with van der Waals surface area (Å²) in [6.45, 7) is 5.38. The van der Waals surface area contributed by atoms with E-state index in [0.29, 0.717) is 16.4 Å². The molecule has 150 valence electrons. The van der Waals surface area contributed by atoms with Gasteiger partial charge < -0.3 is 9.84 Å². The van der Waals surface area contributed by atoms with Crippen LogP contribution in [0.25, 0.3) is 0 Å². The molecule has 3 heterocycles. The van der Waals surface area contributed by atoms with Crippen molar-refractivity contribution in [2.24, 2.45) is 0 Å². The smallest absolute Gasteiger partial charge is 0.411 e. The average molecular weight is 404 g/mol. The van der Waals surface area contributed by atoms with E-state index in [0.717, 1.165) is 25.0 Å². The Kier molecular flexibility index (Phi) is 6.20. The summed E-state index contributed by atoms with van der Waals surface area (Å²) in [5.41, 5.74) is 1.34. The summed E-state index contributed by atoms with van der Waals surface area (Å²) in [7, 11) is 0. The van der Waals surface area contributed by atoms with E-state index in [1.807, 2.05) is 32.9 Å². The molecule has 1 amide bonds. The van der Waals surface area contributed by atoms with Crippen LogP contribution in [0.4, 0.5) is 4.79 Å². The van der Waals surface area contributed by atoms with Crippen LogP contribution in [0.5, 0.6) is 0 Å². The lowest BCUT2D eigenvalue weighted by atomic mass is 9.91. The molecule has 7 heteroatoms. The first-order chi connectivity index (χ1) is 13.3. The van der Waals surface area contributed by atoms with Gasteiger partial charge in [0.25, 0.3) is 0 Å². The van der Waals surface area contributed by atoms with Gasteiger partial charge in [-0.25, -0.2) is 4.79 Å². The highest BCUT2D eigenvalue weighted by atomic mass is 35.5. The Hall–Kier alpha value is -2.18. The number of amides is 1. The molecule has 1 aliphatic heterocycles. The van der Waals surface area contributed by atoms with Crippen LogP contribution in [0, 0.1) is 0 Å². The molecule has 1 N–H and O–H groups in total. The van der Waals surface area contributed by atoms with E-state index in [1.165, 1.54) is 0 Å². The highest BCUT2D eigenvalue weighted by Crippen LogP contribution is 2.43. The number of hydrogen-bond acceptors (Lipinski definition) is 5. The molecular formula is C21H26ClN3O3. The van der Waals surface area contributed by atoms with Crippen LogP contribution in [0.2, 0.25) is 5.02 Å². The zero-order chi connectivity index (χ0) is 20.3. The molecule has 0 aromatic carbocycles. The first kappa shape index (κ1) is 20.6. The number of hydrogen-bond donors (Lipinski definition) is 1. The Bertz CT molecular complexity index is 838. The van der Waals surface area contributed by atoms with Gasteiger partial charge in [-0.3, -0.25) is 14.9 Å². The van der Waals surface area contributed by atoms with Gasteiger partial charge in [0.15, 0.2) is 0 Å². The molecule has 1 aliphatic rings. The molecular weight excluding hydrogens is 378 g/mol. The number of aliphatic hydroxyl groups excluding tert-OH is 1. The lowest BCUT2D eigenvalue weighted by molar-refractivity contribution is -0.00796. The van der Waals surface area contributed by atoms with E-state index in [9.17, 15) is 9.90 Å². The molecule has 1 saturated heterocycles. The monoisotopic (exact) mass is 403 g/mol. The van der Waals surface area contributed by atoms with E-state index in [4.69, 9.17) is 16.3 Å². The quantitative estimate of drug-likeness (QED) is 0.794. The number of ether oxygens (including phenoxy) is 1. The van der Waals surface area contributed by atoms with Crippen LogP contribution >= 0.6 is 11.6 Å². The topological polar surface area (TPSA) is 75.5 Å². The zero-order valence-electron chi connectivity index (χ0n) is 16.4. The van der Waals surface area contributed by atoms with E-state index < -0.39 is 11.7 Å². The second kappa shape index (κ2) is 8.45. The summed E-state index contributed by atoms with van der Waals surface area (Å²) in [6.07, 6.45) is 3.66. The van der Waals surface area contributed by atoms with Crippen LogP contribution in [0.15, 0.2) is 36.5 Å². The SMILES string of the molecule is CC(C)(C)OC(=O)N1[C@@H](c2cccc(CO)n2)CCC[C@H]1c1ncccc1Cl. The number of halogens is 1. The number of aliphatic hydroxyl groups is 1. The Morgan fingerprint density at radius 3 is 2.68 bits per heavy atom. The molecule has 1 fully saturated rings. The molecule has 6 nitrogen and oxygen atoms in total. The van der Waals surface area contributed by atoms with Crippen molar-refractivity contribution in [1.29, 1.82) is 0 Å². The summed E-state index contributed by atoms with van der Waals surface area (Å²) >= 11 is 6.41. The van der Waals surface area contributed by atoms with Crippen LogP contribution < -0.4 is 0 Å². The lowest BCUT2D eigenvalue weighted by Crippen LogP contribution is -2.44. The van der Waals surface area contributed by atoms with Gasteiger partial charge in [0, 0.05) is 6.20 Å². The van der Waals surface area contributed by atoms with E-state index in [-0.39, 0.29) is 18.7 Å². The Morgan fingerprint density at radius 2 is 2.00 bits per heavy atom. The van der Waals surface area contributed by atoms with E-state index in [2.05, 4.69) is 9.97 Å². The molecule has 0 saturated carbocycles. The number of carbonyl (C=O) groups is 1. The van der Waals surface area contributed by atoms with E-state index in [1.54, 1.807) is 29.3 Å². The Morgan fingerprint density at radius 1 is 1.25 bits per heavy atom. The predicted molar refractivity (Wildman–Crippen MR) is 107 cm³/mol. The second-order valence-electron chi connectivity index (χ2n) is 7.93. The maximum atomic E-state index is 13.2. The van der Waals surface area contributed by atoms with Crippen molar-refractivity contribution in [2.45, 2.75) is 64.3 Å². The normalized spacial score (nSPS) is 20.1. The molecule has 2 atom stereocenters. The summed E-state index contributed by atoms with van der Waals surface area (Å²) < 4.78 is 5.72. The highest BCUT2D eigenvalue weighted by Gasteiger charge is 2.40. The minimum Gasteiger partial charge on any atom is -0.444 e. The number of piperidine rings is 1. The third-order valence-electron chi connectivity index (χ3n) is 4.67. The molecule has 0 radical (unpaired) electrons. The molecule has 2 aromatic rings. The maximum Gasteiger partial charge on any atom is 0.411 e. The maximum absolute atomic E-state index is 13.2. The van der Waals surface area contributed by atoms with Gasteiger partial charge in [-0.15, -0.1) is 0 Å². The number of likely N-dealkylation sites (tertiary alicyclic amines) is 1. The van der Waals surface area contributed by atoms with Crippen molar-refractivity contribution in [3.05, 3.63) is 58.6 Å². The molecule has 28 heavy (non-hydrogen) atoms. The van der Waals surface area contributed by atoms with Crippen LogP contribution in [-0.2, 0) is 11.3 Å². The van der Waals surface area contributed by atoms with Gasteiger partial charge in [0.05, 0.1) is 40.8 Å². The Balaban J connectivity index is 2.04. The van der Waals surface area contributed by atoms with Crippen molar-refractivity contribution in [2.75, 3.05) is 0 Å². The molecule has 3 rings (SSSR count). The molecule has 2 aromatic heterocycles. The number of pyridine rings is 2. The number of rotatable bonds is 3. The zero-order valence-corrected chi connectivity index (χ0v) is 17.2. The van der Waals surface area contributed by atoms with Crippen LogP contribution in [0.3, 0.4) is 0 Å². The first-order valence-corrected chi connectivity index (χ1v) is 9.86. The molecule has 0 bridgehead atoms. The molecule has 0 spiro atoms. The summed E-state index contributed by atoms with van der Waals surface area (Å²) in [6, 6.07) is 8.46. The Labute approximate surface area is 170 Å². The summed E-state index contributed by atoms with van der Waals surface area (Å²) in [5.74, 6) is 0. The summed E-state index contributed by atoms with van der Waals surface area (Å²) in [5, 5.41) is 9.99. The van der Waals surface area contributed by atoms with Crippen molar-refractivity contribution in [3.63, 3.8) is 0 Å². The highest BCUT2D eigenvalue weighted by molar-refractivity contribution is 6.31. The van der Waals surface area contributed by atoms with Gasteiger partial charge in [-0.1, -0.05) is 17.7 Å². The van der Waals surface area contributed by atoms with Crippen molar-refractivity contribution < 1.29 is 14.6 Å². The standard InChI is InChI=1S/C21H26ClN3O3/c1-21(2,3)28-20(27)25-17(16-9-4-7-14(13-26)24-16)10-5-11-18(25)19-15(22)8-6-12-23-19/h4,6-9,12,17-18,26H,5,10-11,13H2,1-3H3/t17-,18+/m1/s1. The first-order valence-electron chi connectivity index (χ1n) is 9.48. The van der Waals surface area contributed by atoms with Crippen molar-refractivity contribution in [1.82, 2.24) is 14.9 Å². The third-order valence-corrected chi connectivity index (χ3v) is 4.98. The third kappa shape index (κ3) is 4.62. The fourth-order valence-corrected chi connectivity index (χ4v) is 3.79. The fraction of sp³-hybridized carbons (Fsp3) is 0.476. The van der Waals surface area contributed by atoms with Gasteiger partial charge >= 0.3 is 6.09 Å². The van der Waals surface area contributed by atoms with E-state index >= 15 is 0 Å². The van der Waals surface area contributed by atoms with Gasteiger partial charge in [0.2, 0.25) is 0 Å². The predicted octanol–water partition coefficient (Wildman–Crippen LogP) is 4.83. The summed E-state index contributed by atoms with van der Waals surface area (Å²) in [4.78, 5) is 23.9. The van der Waals surface area contributed by atoms with Crippen LogP contribution in [-0.4, -0.2) is 31.7 Å². The molecule has 0 aliphatic carbocycles. The fourth-order valence-electron chi connectivity index (χ4n) is 3.54. The van der Waals surface area contributed by atoms with Crippen molar-refractivity contribution >= 4 is 17.7 Å². The lowest BCUT2D eigenvalue weighted by Gasteiger charge is -2.42.